The van der Waals surface area contributed by atoms with E-state index in [2.05, 4.69) is 19.2 Å². The van der Waals surface area contributed by atoms with E-state index in [1.807, 2.05) is 0 Å². The average molecular weight is 255 g/mol. The van der Waals surface area contributed by atoms with Gasteiger partial charge in [-0.3, -0.25) is 0 Å². The first-order chi connectivity index (χ1) is 8.44. The molecule has 100 valence electrons. The molecule has 0 spiro atoms. The van der Waals surface area contributed by atoms with Gasteiger partial charge in [0.25, 0.3) is 0 Å². The van der Waals surface area contributed by atoms with Crippen LogP contribution in [0.4, 0.5) is 8.78 Å². The maximum absolute atomic E-state index is 13.0. The van der Waals surface area contributed by atoms with Crippen molar-refractivity contribution in [2.24, 2.45) is 0 Å². The minimum absolute atomic E-state index is 0.122. The summed E-state index contributed by atoms with van der Waals surface area (Å²) in [6.07, 6.45) is 1.84. The van der Waals surface area contributed by atoms with Crippen LogP contribution in [-0.4, -0.2) is 18.2 Å². The smallest absolute Gasteiger partial charge is 0.126 e. The molecule has 1 heterocycles. The fourth-order valence-electron chi connectivity index (χ4n) is 2.38. The lowest BCUT2D eigenvalue weighted by Gasteiger charge is -2.36. The van der Waals surface area contributed by atoms with Gasteiger partial charge >= 0.3 is 0 Å². The van der Waals surface area contributed by atoms with Gasteiger partial charge in [0, 0.05) is 25.3 Å². The number of hydrogen-bond donors (Lipinski definition) is 1. The molecule has 1 unspecified atom stereocenters. The Bertz CT molecular complexity index is 400. The molecule has 1 saturated heterocycles. The van der Waals surface area contributed by atoms with Crippen LogP contribution in [0.1, 0.15) is 32.3 Å². The molecule has 2 nitrogen and oxygen atoms in total. The molecular formula is C14H19F2NO. The first-order valence-corrected chi connectivity index (χ1v) is 6.27. The molecule has 1 aromatic rings. The topological polar surface area (TPSA) is 21.3 Å². The third-order valence-electron chi connectivity index (χ3n) is 3.21. The highest BCUT2D eigenvalue weighted by Crippen LogP contribution is 2.24. The third kappa shape index (κ3) is 3.75. The van der Waals surface area contributed by atoms with E-state index in [9.17, 15) is 8.78 Å². The summed E-state index contributed by atoms with van der Waals surface area (Å²) in [4.78, 5) is 0. The van der Waals surface area contributed by atoms with Gasteiger partial charge in [0.1, 0.15) is 11.6 Å². The van der Waals surface area contributed by atoms with Gasteiger partial charge in [-0.15, -0.1) is 0 Å². The summed E-state index contributed by atoms with van der Waals surface area (Å²) in [6, 6.07) is 3.95. The van der Waals surface area contributed by atoms with Gasteiger partial charge in [-0.2, -0.15) is 0 Å². The van der Waals surface area contributed by atoms with Gasteiger partial charge in [-0.25, -0.2) is 8.78 Å². The van der Waals surface area contributed by atoms with Gasteiger partial charge in [-0.1, -0.05) is 0 Å². The average Bonchev–Trinajstić information content (AvgIpc) is 2.24. The number of ether oxygens (including phenoxy) is 1. The molecule has 1 fully saturated rings. The van der Waals surface area contributed by atoms with Crippen LogP contribution in [0.2, 0.25) is 0 Å². The Morgan fingerprint density at radius 2 is 1.94 bits per heavy atom. The number of nitrogens with one attached hydrogen (secondary N) is 1. The SMILES string of the molecule is CC1(C)CC(NCc2cc(F)cc(F)c2)CCO1. The predicted octanol–water partition coefficient (Wildman–Crippen LogP) is 3.01. The van der Waals surface area contributed by atoms with Gasteiger partial charge in [0.15, 0.2) is 0 Å². The highest BCUT2D eigenvalue weighted by molar-refractivity contribution is 5.17. The number of hydrogen-bond acceptors (Lipinski definition) is 2. The van der Waals surface area contributed by atoms with E-state index in [0.717, 1.165) is 25.5 Å². The lowest BCUT2D eigenvalue weighted by Crippen LogP contribution is -2.43. The normalized spacial score (nSPS) is 23.0. The second-order valence-corrected chi connectivity index (χ2v) is 5.46. The first-order valence-electron chi connectivity index (χ1n) is 6.27. The summed E-state index contributed by atoms with van der Waals surface area (Å²) in [7, 11) is 0. The third-order valence-corrected chi connectivity index (χ3v) is 3.21. The van der Waals surface area contributed by atoms with Crippen molar-refractivity contribution in [3.63, 3.8) is 0 Å². The molecule has 18 heavy (non-hydrogen) atoms. The van der Waals surface area contributed by atoms with Crippen LogP contribution in [-0.2, 0) is 11.3 Å². The Balaban J connectivity index is 1.91. The molecule has 1 aliphatic rings. The van der Waals surface area contributed by atoms with Crippen molar-refractivity contribution in [3.05, 3.63) is 35.4 Å². The first kappa shape index (κ1) is 13.4. The zero-order chi connectivity index (χ0) is 13.2. The minimum atomic E-state index is -0.529. The Morgan fingerprint density at radius 1 is 1.28 bits per heavy atom. The Labute approximate surface area is 106 Å². The fourth-order valence-corrected chi connectivity index (χ4v) is 2.38. The van der Waals surface area contributed by atoms with Gasteiger partial charge < -0.3 is 10.1 Å². The molecule has 1 atom stereocenters. The van der Waals surface area contributed by atoms with Crippen molar-refractivity contribution in [2.45, 2.75) is 44.9 Å². The van der Waals surface area contributed by atoms with E-state index in [1.165, 1.54) is 12.1 Å². The van der Waals surface area contributed by atoms with Crippen LogP contribution in [0.3, 0.4) is 0 Å². The van der Waals surface area contributed by atoms with Crippen LogP contribution >= 0.6 is 0 Å². The van der Waals surface area contributed by atoms with Gasteiger partial charge in [0.2, 0.25) is 0 Å². The van der Waals surface area contributed by atoms with Crippen molar-refractivity contribution < 1.29 is 13.5 Å². The summed E-state index contributed by atoms with van der Waals surface area (Å²) in [5, 5.41) is 3.33. The van der Waals surface area contributed by atoms with E-state index in [0.29, 0.717) is 18.2 Å². The highest BCUT2D eigenvalue weighted by atomic mass is 19.1. The van der Waals surface area contributed by atoms with Crippen molar-refractivity contribution in [1.82, 2.24) is 5.32 Å². The van der Waals surface area contributed by atoms with Crippen LogP contribution in [0.15, 0.2) is 18.2 Å². The van der Waals surface area contributed by atoms with Gasteiger partial charge in [0.05, 0.1) is 5.60 Å². The molecule has 0 amide bonds. The minimum Gasteiger partial charge on any atom is -0.375 e. The Morgan fingerprint density at radius 3 is 2.56 bits per heavy atom. The van der Waals surface area contributed by atoms with Crippen LogP contribution in [0.25, 0.3) is 0 Å². The Hall–Kier alpha value is -1.00. The zero-order valence-corrected chi connectivity index (χ0v) is 10.8. The number of benzene rings is 1. The largest absolute Gasteiger partial charge is 0.375 e. The second-order valence-electron chi connectivity index (χ2n) is 5.46. The van der Waals surface area contributed by atoms with Crippen LogP contribution in [0, 0.1) is 11.6 Å². The maximum atomic E-state index is 13.0. The summed E-state index contributed by atoms with van der Waals surface area (Å²) in [5.41, 5.74) is 0.514. The second kappa shape index (κ2) is 5.33. The van der Waals surface area contributed by atoms with Crippen LogP contribution in [0.5, 0.6) is 0 Å². The van der Waals surface area contributed by atoms with E-state index in [-0.39, 0.29) is 5.60 Å². The van der Waals surface area contributed by atoms with E-state index in [1.54, 1.807) is 0 Å². The summed E-state index contributed by atoms with van der Waals surface area (Å²) >= 11 is 0. The lowest BCUT2D eigenvalue weighted by atomic mass is 9.94. The molecule has 2 rings (SSSR count). The molecule has 4 heteroatoms. The monoisotopic (exact) mass is 255 g/mol. The van der Waals surface area contributed by atoms with Crippen molar-refractivity contribution >= 4 is 0 Å². The lowest BCUT2D eigenvalue weighted by molar-refractivity contribution is -0.0630. The molecule has 0 radical (unpaired) electrons. The summed E-state index contributed by atoms with van der Waals surface area (Å²) in [5.74, 6) is -1.06. The molecule has 1 aliphatic heterocycles. The maximum Gasteiger partial charge on any atom is 0.126 e. The molecule has 0 saturated carbocycles. The molecule has 0 aromatic heterocycles. The summed E-state index contributed by atoms with van der Waals surface area (Å²) in [6.45, 7) is 5.32. The highest BCUT2D eigenvalue weighted by Gasteiger charge is 2.28. The van der Waals surface area contributed by atoms with Crippen molar-refractivity contribution in [3.8, 4) is 0 Å². The quantitative estimate of drug-likeness (QED) is 0.896. The van der Waals surface area contributed by atoms with Crippen molar-refractivity contribution in [1.29, 1.82) is 0 Å². The molecule has 0 aliphatic carbocycles. The molecular weight excluding hydrogens is 236 g/mol. The number of halogens is 2. The van der Waals surface area contributed by atoms with E-state index < -0.39 is 11.6 Å². The van der Waals surface area contributed by atoms with E-state index in [4.69, 9.17) is 4.74 Å². The van der Waals surface area contributed by atoms with Crippen LogP contribution < -0.4 is 5.32 Å². The number of rotatable bonds is 3. The standard InChI is InChI=1S/C14H19F2NO/c1-14(2)8-13(3-4-18-14)17-9-10-5-11(15)7-12(16)6-10/h5-7,13,17H,3-4,8-9H2,1-2H3. The molecule has 1 aromatic carbocycles. The van der Waals surface area contributed by atoms with E-state index >= 15 is 0 Å². The molecule has 1 N–H and O–H groups in total. The summed E-state index contributed by atoms with van der Waals surface area (Å²) < 4.78 is 31.7. The fraction of sp³-hybridized carbons (Fsp3) is 0.571. The van der Waals surface area contributed by atoms with Crippen molar-refractivity contribution in [2.75, 3.05) is 6.61 Å². The Kier molecular flexibility index (Phi) is 3.97. The predicted molar refractivity (Wildman–Crippen MR) is 66.3 cm³/mol. The van der Waals surface area contributed by atoms with Gasteiger partial charge in [-0.05, 0) is 44.4 Å². The molecule has 0 bridgehead atoms. The zero-order valence-electron chi connectivity index (χ0n) is 10.8.